The van der Waals surface area contributed by atoms with Gasteiger partial charge in [0.2, 0.25) is 0 Å². The van der Waals surface area contributed by atoms with Crippen molar-refractivity contribution in [1.29, 1.82) is 0 Å². The normalized spacial score (nSPS) is 30.5. The Hall–Kier alpha value is 0.210. The van der Waals surface area contributed by atoms with Crippen molar-refractivity contribution in [2.24, 2.45) is 0 Å². The van der Waals surface area contributed by atoms with Crippen molar-refractivity contribution in [3.05, 3.63) is 0 Å². The van der Waals surface area contributed by atoms with Crippen LogP contribution in [0.25, 0.3) is 0 Å². The summed E-state index contributed by atoms with van der Waals surface area (Å²) in [5.41, 5.74) is 0. The van der Waals surface area contributed by atoms with E-state index in [-0.39, 0.29) is 0 Å². The third kappa shape index (κ3) is 1.12. The summed E-state index contributed by atoms with van der Waals surface area (Å²) >= 11 is 4.86. The SMILES string of the molecule is ClOCC1CO1. The largest absolute Gasteiger partial charge is 0.371 e. The summed E-state index contributed by atoms with van der Waals surface area (Å²) in [5.74, 6) is 0. The van der Waals surface area contributed by atoms with Gasteiger partial charge in [0.25, 0.3) is 0 Å². The fourth-order valence-corrected chi connectivity index (χ4v) is 0.375. The van der Waals surface area contributed by atoms with Crippen molar-refractivity contribution in [2.75, 3.05) is 13.2 Å². The van der Waals surface area contributed by atoms with Gasteiger partial charge in [-0.25, -0.2) is 0 Å². The van der Waals surface area contributed by atoms with Gasteiger partial charge in [-0.15, -0.1) is 0 Å². The molecular weight excluding hydrogens is 103 g/mol. The quantitative estimate of drug-likeness (QED) is 0.482. The smallest absolute Gasteiger partial charge is 0.106 e. The molecule has 0 spiro atoms. The first kappa shape index (κ1) is 4.37. The molecule has 1 aliphatic rings. The molecule has 1 unspecified atom stereocenters. The summed E-state index contributed by atoms with van der Waals surface area (Å²) < 4.78 is 8.95. The predicted molar refractivity (Wildman–Crippen MR) is 21.5 cm³/mol. The maximum absolute atomic E-state index is 4.86. The number of rotatable bonds is 2. The minimum atomic E-state index is 0.294. The van der Waals surface area contributed by atoms with E-state index in [4.69, 9.17) is 16.6 Å². The van der Waals surface area contributed by atoms with E-state index in [1.807, 2.05) is 0 Å². The van der Waals surface area contributed by atoms with Crippen molar-refractivity contribution < 1.29 is 9.03 Å². The van der Waals surface area contributed by atoms with E-state index < -0.39 is 0 Å². The molecule has 1 fully saturated rings. The molecule has 1 atom stereocenters. The van der Waals surface area contributed by atoms with Crippen LogP contribution in [-0.2, 0) is 9.03 Å². The van der Waals surface area contributed by atoms with E-state index in [0.29, 0.717) is 12.7 Å². The molecule has 1 aliphatic heterocycles. The second-order valence-electron chi connectivity index (χ2n) is 1.23. The Labute approximate surface area is 41.2 Å². The minimum Gasteiger partial charge on any atom is -0.371 e. The van der Waals surface area contributed by atoms with E-state index >= 15 is 0 Å². The summed E-state index contributed by atoms with van der Waals surface area (Å²) in [5, 5.41) is 0. The first-order chi connectivity index (χ1) is 2.93. The van der Waals surface area contributed by atoms with Crippen molar-refractivity contribution in [1.82, 2.24) is 0 Å². The van der Waals surface area contributed by atoms with Crippen LogP contribution in [-0.4, -0.2) is 19.3 Å². The van der Waals surface area contributed by atoms with Gasteiger partial charge in [0, 0.05) is 0 Å². The fraction of sp³-hybridized carbons (Fsp3) is 1.00. The molecule has 0 aromatic carbocycles. The first-order valence-electron chi connectivity index (χ1n) is 1.78. The Morgan fingerprint density at radius 2 is 2.67 bits per heavy atom. The molecular formula is C3H5ClO2. The van der Waals surface area contributed by atoms with Crippen LogP contribution in [0, 0.1) is 0 Å². The Kier molecular flexibility index (Phi) is 1.29. The molecule has 0 radical (unpaired) electrons. The van der Waals surface area contributed by atoms with Crippen LogP contribution < -0.4 is 0 Å². The molecule has 6 heavy (non-hydrogen) atoms. The molecule has 0 N–H and O–H groups in total. The zero-order valence-electron chi connectivity index (χ0n) is 3.19. The summed E-state index contributed by atoms with van der Waals surface area (Å²) in [4.78, 5) is 0. The lowest BCUT2D eigenvalue weighted by atomic mass is 10.5. The number of halogens is 1. The standard InChI is InChI=1S/C3H5ClO2/c4-6-2-3-1-5-3/h3H,1-2H2. The second kappa shape index (κ2) is 1.78. The molecule has 3 heteroatoms. The van der Waals surface area contributed by atoms with E-state index in [1.165, 1.54) is 0 Å². The van der Waals surface area contributed by atoms with Gasteiger partial charge in [0.05, 0.1) is 25.1 Å². The molecule has 0 amide bonds. The number of hydrogen-bond donors (Lipinski definition) is 0. The van der Waals surface area contributed by atoms with Crippen LogP contribution in [0.2, 0.25) is 0 Å². The van der Waals surface area contributed by atoms with E-state index in [2.05, 4.69) is 4.29 Å². The zero-order valence-corrected chi connectivity index (χ0v) is 3.94. The number of ether oxygens (including phenoxy) is 1. The van der Waals surface area contributed by atoms with Crippen LogP contribution in [0.15, 0.2) is 0 Å². The van der Waals surface area contributed by atoms with Gasteiger partial charge in [0.1, 0.15) is 6.10 Å². The average molecular weight is 109 g/mol. The Morgan fingerprint density at radius 3 is 2.83 bits per heavy atom. The number of hydrogen-bond acceptors (Lipinski definition) is 2. The Bertz CT molecular complexity index is 44.1. The Morgan fingerprint density at radius 1 is 2.00 bits per heavy atom. The molecule has 1 rings (SSSR count). The van der Waals surface area contributed by atoms with Gasteiger partial charge in [-0.3, -0.25) is 4.29 Å². The predicted octanol–water partition coefficient (Wildman–Crippen LogP) is 0.556. The van der Waals surface area contributed by atoms with Crippen LogP contribution in [0.3, 0.4) is 0 Å². The average Bonchev–Trinajstić information content (AvgIpc) is 2.21. The zero-order chi connectivity index (χ0) is 4.41. The summed E-state index contributed by atoms with van der Waals surface area (Å²) in [6.45, 7) is 1.34. The van der Waals surface area contributed by atoms with E-state index in [0.717, 1.165) is 6.61 Å². The van der Waals surface area contributed by atoms with Crippen molar-refractivity contribution in [3.63, 3.8) is 0 Å². The summed E-state index contributed by atoms with van der Waals surface area (Å²) in [6.07, 6.45) is 0.294. The van der Waals surface area contributed by atoms with Crippen LogP contribution >= 0.6 is 11.9 Å². The molecule has 36 valence electrons. The summed E-state index contributed by atoms with van der Waals surface area (Å²) in [6, 6.07) is 0. The van der Waals surface area contributed by atoms with E-state index in [9.17, 15) is 0 Å². The highest BCUT2D eigenvalue weighted by Crippen LogP contribution is 2.08. The van der Waals surface area contributed by atoms with Crippen LogP contribution in [0.1, 0.15) is 0 Å². The summed E-state index contributed by atoms with van der Waals surface area (Å²) in [7, 11) is 0. The Balaban J connectivity index is 1.88. The molecule has 1 saturated heterocycles. The third-order valence-electron chi connectivity index (χ3n) is 0.651. The topological polar surface area (TPSA) is 21.8 Å². The first-order valence-corrected chi connectivity index (χ1v) is 2.09. The number of epoxide rings is 1. The van der Waals surface area contributed by atoms with Gasteiger partial charge in [0.15, 0.2) is 0 Å². The lowest BCUT2D eigenvalue weighted by Gasteiger charge is -1.80. The van der Waals surface area contributed by atoms with Gasteiger partial charge in [-0.05, 0) is 0 Å². The third-order valence-corrected chi connectivity index (χ3v) is 0.777. The molecule has 2 nitrogen and oxygen atoms in total. The minimum absolute atomic E-state index is 0.294. The molecule has 0 aromatic heterocycles. The molecule has 0 aliphatic carbocycles. The van der Waals surface area contributed by atoms with E-state index in [1.54, 1.807) is 0 Å². The molecule has 0 bridgehead atoms. The molecule has 0 saturated carbocycles. The fourth-order valence-electron chi connectivity index (χ4n) is 0.235. The molecule has 1 heterocycles. The van der Waals surface area contributed by atoms with Gasteiger partial charge < -0.3 is 4.74 Å². The van der Waals surface area contributed by atoms with Gasteiger partial charge in [-0.2, -0.15) is 0 Å². The maximum Gasteiger partial charge on any atom is 0.106 e. The van der Waals surface area contributed by atoms with Gasteiger partial charge in [-0.1, -0.05) is 0 Å². The monoisotopic (exact) mass is 108 g/mol. The second-order valence-corrected chi connectivity index (χ2v) is 1.45. The van der Waals surface area contributed by atoms with Crippen LogP contribution in [0.4, 0.5) is 0 Å². The highest BCUT2D eigenvalue weighted by molar-refractivity contribution is 6.07. The highest BCUT2D eigenvalue weighted by Gasteiger charge is 2.21. The van der Waals surface area contributed by atoms with Crippen LogP contribution in [0.5, 0.6) is 0 Å². The van der Waals surface area contributed by atoms with Crippen molar-refractivity contribution in [3.8, 4) is 0 Å². The lowest BCUT2D eigenvalue weighted by Crippen LogP contribution is -1.91. The maximum atomic E-state index is 4.86. The molecule has 0 aromatic rings. The van der Waals surface area contributed by atoms with Crippen molar-refractivity contribution >= 4 is 11.9 Å². The van der Waals surface area contributed by atoms with Crippen molar-refractivity contribution in [2.45, 2.75) is 6.10 Å². The van der Waals surface area contributed by atoms with Gasteiger partial charge >= 0.3 is 0 Å². The lowest BCUT2D eigenvalue weighted by molar-refractivity contribution is 0.283. The highest BCUT2D eigenvalue weighted by atomic mass is 35.5.